The minimum absolute atomic E-state index is 0.0623. The zero-order valence-electron chi connectivity index (χ0n) is 13.4. The Bertz CT molecular complexity index is 264. The van der Waals surface area contributed by atoms with Crippen molar-refractivity contribution in [3.8, 4) is 0 Å². The predicted molar refractivity (Wildman–Crippen MR) is 82.8 cm³/mol. The van der Waals surface area contributed by atoms with Crippen LogP contribution in [-0.4, -0.2) is 48.5 Å². The number of rotatable bonds is 6. The smallest absolute Gasteiger partial charge is 0.0599 e. The Balaban J connectivity index is 1.74. The largest absolute Gasteiger partial charge is 0.393 e. The molecule has 118 valence electrons. The van der Waals surface area contributed by atoms with E-state index < -0.39 is 0 Å². The first-order valence-corrected chi connectivity index (χ1v) is 8.74. The maximum absolute atomic E-state index is 10.3. The highest BCUT2D eigenvalue weighted by molar-refractivity contribution is 4.83. The molecule has 0 amide bonds. The molecule has 3 heteroatoms. The molecular weight excluding hydrogens is 250 g/mol. The predicted octanol–water partition coefficient (Wildman–Crippen LogP) is 3.06. The second kappa shape index (κ2) is 8.35. The van der Waals surface area contributed by atoms with Crippen LogP contribution in [0.3, 0.4) is 0 Å². The maximum Gasteiger partial charge on any atom is 0.0599 e. The number of hydrogen-bond acceptors (Lipinski definition) is 3. The van der Waals surface area contributed by atoms with E-state index in [4.69, 9.17) is 4.74 Å². The van der Waals surface area contributed by atoms with Crippen molar-refractivity contribution in [3.05, 3.63) is 0 Å². The Kier molecular flexibility index (Phi) is 6.79. The Morgan fingerprint density at radius 3 is 2.50 bits per heavy atom. The number of ether oxygens (including phenoxy) is 1. The molecule has 0 spiro atoms. The van der Waals surface area contributed by atoms with Gasteiger partial charge in [-0.15, -0.1) is 0 Å². The van der Waals surface area contributed by atoms with Gasteiger partial charge in [-0.05, 0) is 50.9 Å². The number of piperidine rings is 1. The van der Waals surface area contributed by atoms with Gasteiger partial charge in [-0.1, -0.05) is 19.8 Å². The lowest BCUT2D eigenvalue weighted by Crippen LogP contribution is -2.43. The van der Waals surface area contributed by atoms with Crippen molar-refractivity contribution < 1.29 is 9.84 Å². The van der Waals surface area contributed by atoms with Crippen LogP contribution in [0.1, 0.15) is 58.8 Å². The van der Waals surface area contributed by atoms with Gasteiger partial charge < -0.3 is 14.7 Å². The van der Waals surface area contributed by atoms with E-state index in [9.17, 15) is 5.11 Å². The minimum atomic E-state index is -0.0623. The number of aliphatic hydroxyl groups is 1. The van der Waals surface area contributed by atoms with Crippen LogP contribution in [0.4, 0.5) is 0 Å². The average Bonchev–Trinajstić information content (AvgIpc) is 2.45. The van der Waals surface area contributed by atoms with E-state index in [-0.39, 0.29) is 6.10 Å². The molecule has 3 nitrogen and oxygen atoms in total. The molecule has 20 heavy (non-hydrogen) atoms. The zero-order chi connectivity index (χ0) is 14.4. The molecule has 1 aliphatic carbocycles. The molecule has 1 heterocycles. The summed E-state index contributed by atoms with van der Waals surface area (Å²) in [4.78, 5) is 2.55. The summed E-state index contributed by atoms with van der Waals surface area (Å²) in [5, 5.41) is 10.3. The van der Waals surface area contributed by atoms with Crippen LogP contribution in [0.2, 0.25) is 0 Å². The summed E-state index contributed by atoms with van der Waals surface area (Å²) in [6.45, 7) is 8.58. The summed E-state index contributed by atoms with van der Waals surface area (Å²) in [6, 6.07) is 0. The second-order valence-electron chi connectivity index (χ2n) is 6.75. The van der Waals surface area contributed by atoms with Crippen molar-refractivity contribution in [1.82, 2.24) is 4.90 Å². The van der Waals surface area contributed by atoms with Crippen molar-refractivity contribution in [2.24, 2.45) is 11.8 Å². The summed E-state index contributed by atoms with van der Waals surface area (Å²) in [5.41, 5.74) is 0. The average molecular weight is 283 g/mol. The van der Waals surface area contributed by atoms with Crippen LogP contribution in [0.15, 0.2) is 0 Å². The van der Waals surface area contributed by atoms with Crippen LogP contribution < -0.4 is 0 Å². The standard InChI is InChI=1S/C17H33NO2/c1-3-5-14-6-7-17(19)15(12-14)13-18-10-8-16(9-11-18)20-4-2/h14-17,19H,3-13H2,1-2H3. The monoisotopic (exact) mass is 283 g/mol. The van der Waals surface area contributed by atoms with Crippen LogP contribution >= 0.6 is 0 Å². The number of likely N-dealkylation sites (tertiary alicyclic amines) is 1. The van der Waals surface area contributed by atoms with Crippen LogP contribution in [-0.2, 0) is 4.74 Å². The Hall–Kier alpha value is -0.120. The highest BCUT2D eigenvalue weighted by Crippen LogP contribution is 2.33. The molecule has 0 aromatic heterocycles. The normalized spacial score (nSPS) is 33.5. The highest BCUT2D eigenvalue weighted by Gasteiger charge is 2.31. The van der Waals surface area contributed by atoms with Gasteiger partial charge in [0.05, 0.1) is 12.2 Å². The van der Waals surface area contributed by atoms with Crippen molar-refractivity contribution in [2.75, 3.05) is 26.2 Å². The van der Waals surface area contributed by atoms with E-state index in [1.807, 2.05) is 0 Å². The second-order valence-corrected chi connectivity index (χ2v) is 6.75. The van der Waals surface area contributed by atoms with E-state index >= 15 is 0 Å². The van der Waals surface area contributed by atoms with Gasteiger partial charge in [0, 0.05) is 26.2 Å². The van der Waals surface area contributed by atoms with E-state index in [1.165, 1.54) is 25.7 Å². The third-order valence-electron chi connectivity index (χ3n) is 5.18. The lowest BCUT2D eigenvalue weighted by molar-refractivity contribution is -0.00981. The van der Waals surface area contributed by atoms with Gasteiger partial charge in [0.15, 0.2) is 0 Å². The summed E-state index contributed by atoms with van der Waals surface area (Å²) < 4.78 is 5.72. The first-order valence-electron chi connectivity index (χ1n) is 8.74. The molecular formula is C17H33NO2. The topological polar surface area (TPSA) is 32.7 Å². The molecule has 0 aromatic carbocycles. The van der Waals surface area contributed by atoms with Gasteiger partial charge >= 0.3 is 0 Å². The van der Waals surface area contributed by atoms with Gasteiger partial charge in [0.1, 0.15) is 0 Å². The quantitative estimate of drug-likeness (QED) is 0.813. The molecule has 3 unspecified atom stereocenters. The first kappa shape index (κ1) is 16.3. The maximum atomic E-state index is 10.3. The Morgan fingerprint density at radius 1 is 1.10 bits per heavy atom. The lowest BCUT2D eigenvalue weighted by atomic mass is 9.77. The molecule has 1 saturated carbocycles. The van der Waals surface area contributed by atoms with Crippen molar-refractivity contribution in [1.29, 1.82) is 0 Å². The van der Waals surface area contributed by atoms with E-state index in [2.05, 4.69) is 18.7 Å². The fraction of sp³-hybridized carbons (Fsp3) is 1.00. The van der Waals surface area contributed by atoms with E-state index in [0.29, 0.717) is 12.0 Å². The zero-order valence-corrected chi connectivity index (χ0v) is 13.4. The number of hydrogen-bond donors (Lipinski definition) is 1. The van der Waals surface area contributed by atoms with E-state index in [0.717, 1.165) is 51.4 Å². The molecule has 1 N–H and O–H groups in total. The van der Waals surface area contributed by atoms with Gasteiger partial charge in [0.2, 0.25) is 0 Å². The molecule has 1 aliphatic heterocycles. The third kappa shape index (κ3) is 4.71. The minimum Gasteiger partial charge on any atom is -0.393 e. The van der Waals surface area contributed by atoms with Crippen LogP contribution in [0.25, 0.3) is 0 Å². The molecule has 3 atom stereocenters. The summed E-state index contributed by atoms with van der Waals surface area (Å²) in [6.07, 6.45) is 8.85. The van der Waals surface area contributed by atoms with Gasteiger partial charge in [-0.3, -0.25) is 0 Å². The molecule has 2 rings (SSSR count). The summed E-state index contributed by atoms with van der Waals surface area (Å²) in [5.74, 6) is 1.36. The molecule has 0 bridgehead atoms. The molecule has 2 fully saturated rings. The molecule has 1 saturated heterocycles. The number of nitrogens with zero attached hydrogens (tertiary/aromatic N) is 1. The number of aliphatic hydroxyl groups excluding tert-OH is 1. The molecule has 2 aliphatic rings. The molecule has 0 aromatic rings. The van der Waals surface area contributed by atoms with Crippen molar-refractivity contribution in [3.63, 3.8) is 0 Å². The van der Waals surface area contributed by atoms with Crippen LogP contribution in [0.5, 0.6) is 0 Å². The first-order chi connectivity index (χ1) is 9.72. The summed E-state index contributed by atoms with van der Waals surface area (Å²) >= 11 is 0. The van der Waals surface area contributed by atoms with Gasteiger partial charge in [-0.2, -0.15) is 0 Å². The van der Waals surface area contributed by atoms with Crippen molar-refractivity contribution in [2.45, 2.75) is 71.0 Å². The highest BCUT2D eigenvalue weighted by atomic mass is 16.5. The van der Waals surface area contributed by atoms with Gasteiger partial charge in [-0.25, -0.2) is 0 Å². The molecule has 0 radical (unpaired) electrons. The van der Waals surface area contributed by atoms with Gasteiger partial charge in [0.25, 0.3) is 0 Å². The third-order valence-corrected chi connectivity index (χ3v) is 5.18. The Labute approximate surface area is 124 Å². The lowest BCUT2D eigenvalue weighted by Gasteiger charge is -2.39. The van der Waals surface area contributed by atoms with Crippen LogP contribution in [0, 0.1) is 11.8 Å². The van der Waals surface area contributed by atoms with E-state index in [1.54, 1.807) is 0 Å². The fourth-order valence-corrected chi connectivity index (χ4v) is 4.04. The Morgan fingerprint density at radius 2 is 1.85 bits per heavy atom. The summed E-state index contributed by atoms with van der Waals surface area (Å²) in [7, 11) is 0. The SMILES string of the molecule is CCCC1CCC(O)C(CN2CCC(OCC)CC2)C1. The van der Waals surface area contributed by atoms with Crippen molar-refractivity contribution >= 4 is 0 Å². The fourth-order valence-electron chi connectivity index (χ4n) is 4.04.